The van der Waals surface area contributed by atoms with Crippen molar-refractivity contribution in [1.29, 1.82) is 0 Å². The van der Waals surface area contributed by atoms with E-state index in [2.05, 4.69) is 19.2 Å². The van der Waals surface area contributed by atoms with Crippen LogP contribution in [0.1, 0.15) is 41.8 Å². The molecule has 7 heteroatoms. The van der Waals surface area contributed by atoms with Crippen molar-refractivity contribution in [2.75, 3.05) is 11.1 Å². The Hall–Kier alpha value is -2.12. The Balaban J connectivity index is 1.55. The van der Waals surface area contributed by atoms with E-state index in [9.17, 15) is 9.59 Å². The topological polar surface area (TPSA) is 64.0 Å². The number of thioether (sulfide) groups is 1. The highest BCUT2D eigenvalue weighted by Gasteiger charge is 2.24. The number of carbonyl (C=O) groups excluding carboxylic acids is 1. The Morgan fingerprint density at radius 1 is 1.40 bits per heavy atom. The smallest absolute Gasteiger partial charge is 0.262 e. The van der Waals surface area contributed by atoms with Crippen molar-refractivity contribution in [1.82, 2.24) is 9.55 Å². The maximum absolute atomic E-state index is 13.0. The summed E-state index contributed by atoms with van der Waals surface area (Å²) in [6.45, 7) is 6.34. The number of aromatic nitrogens is 2. The molecule has 3 aromatic rings. The number of nitrogens with zero attached hydrogens (tertiary/aromatic N) is 2. The number of carbonyl (C=O) groups is 1. The maximum Gasteiger partial charge on any atom is 0.262 e. The van der Waals surface area contributed by atoms with Gasteiger partial charge >= 0.3 is 0 Å². The Kier molecular flexibility index (Phi) is 6.02. The van der Waals surface area contributed by atoms with E-state index in [-0.39, 0.29) is 17.2 Å². The number of rotatable bonds is 5. The summed E-state index contributed by atoms with van der Waals surface area (Å²) in [5, 5.41) is 4.42. The highest BCUT2D eigenvalue weighted by atomic mass is 32.2. The first-order valence-electron chi connectivity index (χ1n) is 10.4. The van der Waals surface area contributed by atoms with Crippen LogP contribution in [0.15, 0.2) is 28.2 Å². The molecular weight excluding hydrogens is 414 g/mol. The summed E-state index contributed by atoms with van der Waals surface area (Å²) >= 11 is 2.96. The molecule has 1 atom stereocenters. The van der Waals surface area contributed by atoms with E-state index < -0.39 is 0 Å². The lowest BCUT2D eigenvalue weighted by molar-refractivity contribution is -0.113. The monoisotopic (exact) mass is 441 g/mol. The molecule has 4 rings (SSSR count). The van der Waals surface area contributed by atoms with E-state index in [0.717, 1.165) is 52.7 Å². The van der Waals surface area contributed by atoms with Crippen molar-refractivity contribution in [3.63, 3.8) is 0 Å². The quantitative estimate of drug-likeness (QED) is 0.460. The molecule has 1 N–H and O–H groups in total. The van der Waals surface area contributed by atoms with Gasteiger partial charge < -0.3 is 5.32 Å². The molecule has 0 bridgehead atoms. The number of hydrogen-bond acceptors (Lipinski definition) is 5. The second-order valence-corrected chi connectivity index (χ2v) is 10.1. The van der Waals surface area contributed by atoms with Crippen LogP contribution in [0.25, 0.3) is 10.2 Å². The number of hydrogen-bond donors (Lipinski definition) is 1. The Morgan fingerprint density at radius 2 is 2.20 bits per heavy atom. The van der Waals surface area contributed by atoms with Gasteiger partial charge in [0.2, 0.25) is 5.91 Å². The van der Waals surface area contributed by atoms with Crippen molar-refractivity contribution in [3.05, 3.63) is 50.1 Å². The largest absolute Gasteiger partial charge is 0.325 e. The van der Waals surface area contributed by atoms with Crippen LogP contribution in [-0.2, 0) is 31.1 Å². The van der Waals surface area contributed by atoms with E-state index in [1.807, 2.05) is 25.1 Å². The number of benzene rings is 1. The molecule has 0 spiro atoms. The second kappa shape index (κ2) is 8.55. The first-order valence-corrected chi connectivity index (χ1v) is 12.2. The summed E-state index contributed by atoms with van der Waals surface area (Å²) in [4.78, 5) is 32.5. The lowest BCUT2D eigenvalue weighted by Gasteiger charge is -2.17. The van der Waals surface area contributed by atoms with Crippen LogP contribution in [0.5, 0.6) is 0 Å². The Morgan fingerprint density at radius 3 is 2.97 bits per heavy atom. The van der Waals surface area contributed by atoms with E-state index in [1.54, 1.807) is 23.0 Å². The van der Waals surface area contributed by atoms with Crippen LogP contribution < -0.4 is 10.9 Å². The molecule has 2 heterocycles. The fourth-order valence-electron chi connectivity index (χ4n) is 4.09. The molecule has 1 unspecified atom stereocenters. The van der Waals surface area contributed by atoms with Gasteiger partial charge in [-0.05, 0) is 55.2 Å². The van der Waals surface area contributed by atoms with Crippen molar-refractivity contribution in [3.8, 4) is 0 Å². The van der Waals surface area contributed by atoms with Crippen molar-refractivity contribution in [2.24, 2.45) is 13.0 Å². The first-order chi connectivity index (χ1) is 14.4. The fraction of sp³-hybridized carbons (Fsp3) is 0.435. The molecule has 0 radical (unpaired) electrons. The molecule has 1 amide bonds. The summed E-state index contributed by atoms with van der Waals surface area (Å²) in [6.07, 6.45) is 3.97. The average molecular weight is 442 g/mol. The second-order valence-electron chi connectivity index (χ2n) is 8.09. The van der Waals surface area contributed by atoms with E-state index >= 15 is 0 Å². The molecule has 2 aromatic heterocycles. The number of anilines is 1. The van der Waals surface area contributed by atoms with Crippen LogP contribution in [0.2, 0.25) is 0 Å². The molecule has 0 saturated carbocycles. The average Bonchev–Trinajstić information content (AvgIpc) is 3.08. The molecule has 158 valence electrons. The number of fused-ring (bicyclic) bond motifs is 3. The predicted molar refractivity (Wildman–Crippen MR) is 126 cm³/mol. The van der Waals surface area contributed by atoms with Crippen LogP contribution in [0, 0.1) is 12.8 Å². The minimum absolute atomic E-state index is 0.00198. The summed E-state index contributed by atoms with van der Waals surface area (Å²) in [7, 11) is 1.75. The zero-order valence-corrected chi connectivity index (χ0v) is 19.5. The van der Waals surface area contributed by atoms with Gasteiger partial charge in [-0.25, -0.2) is 4.98 Å². The fourth-order valence-corrected chi connectivity index (χ4v) is 6.28. The summed E-state index contributed by atoms with van der Waals surface area (Å²) in [5.74, 6) is 0.782. The van der Waals surface area contributed by atoms with Crippen LogP contribution in [0.3, 0.4) is 0 Å². The normalized spacial score (nSPS) is 15.9. The van der Waals surface area contributed by atoms with Gasteiger partial charge in [-0.2, -0.15) is 0 Å². The SMILES string of the molecule is CCc1cccc(C)c1NC(=O)CSc1nc2sc3c(c2c(=O)n1C)CCC(C)C3. The third-order valence-electron chi connectivity index (χ3n) is 5.83. The third-order valence-corrected chi connectivity index (χ3v) is 8.01. The lowest BCUT2D eigenvalue weighted by atomic mass is 9.89. The standard InChI is InChI=1S/C23H27N3O2S2/c1-5-15-8-6-7-14(3)20(15)24-18(27)12-29-23-25-21-19(22(28)26(23)4)16-10-9-13(2)11-17(16)30-21/h6-8,13H,5,9-12H2,1-4H3,(H,24,27). The van der Waals surface area contributed by atoms with Crippen molar-refractivity contribution in [2.45, 2.75) is 51.6 Å². The van der Waals surface area contributed by atoms with E-state index in [1.165, 1.54) is 22.2 Å². The van der Waals surface area contributed by atoms with Crippen molar-refractivity contribution < 1.29 is 4.79 Å². The zero-order chi connectivity index (χ0) is 21.4. The van der Waals surface area contributed by atoms with Gasteiger partial charge in [0.15, 0.2) is 5.16 Å². The molecule has 5 nitrogen and oxygen atoms in total. The van der Waals surface area contributed by atoms with Crippen LogP contribution in [0.4, 0.5) is 5.69 Å². The Bertz CT molecular complexity index is 1180. The van der Waals surface area contributed by atoms with Gasteiger partial charge in [0.05, 0.1) is 11.1 Å². The van der Waals surface area contributed by atoms with Gasteiger partial charge in [0, 0.05) is 17.6 Å². The lowest BCUT2D eigenvalue weighted by Crippen LogP contribution is -2.22. The van der Waals surface area contributed by atoms with Gasteiger partial charge in [-0.3, -0.25) is 14.2 Å². The molecule has 1 aliphatic carbocycles. The Labute approximate surface area is 184 Å². The van der Waals surface area contributed by atoms with Crippen LogP contribution >= 0.6 is 23.1 Å². The van der Waals surface area contributed by atoms with Crippen molar-refractivity contribution >= 4 is 44.9 Å². The predicted octanol–water partition coefficient (Wildman–Crippen LogP) is 4.72. The van der Waals surface area contributed by atoms with Gasteiger partial charge in [-0.1, -0.05) is 43.8 Å². The molecule has 0 aliphatic heterocycles. The number of nitrogens with one attached hydrogen (secondary N) is 1. The molecule has 0 fully saturated rings. The molecular formula is C23H27N3O2S2. The number of thiophene rings is 1. The minimum Gasteiger partial charge on any atom is -0.325 e. The van der Waals surface area contributed by atoms with Crippen LogP contribution in [-0.4, -0.2) is 21.2 Å². The van der Waals surface area contributed by atoms with Gasteiger partial charge in [-0.15, -0.1) is 11.3 Å². The summed E-state index contributed by atoms with van der Waals surface area (Å²) in [6, 6.07) is 6.05. The highest BCUT2D eigenvalue weighted by molar-refractivity contribution is 7.99. The third kappa shape index (κ3) is 3.93. The maximum atomic E-state index is 13.0. The molecule has 1 aliphatic rings. The van der Waals surface area contributed by atoms with Gasteiger partial charge in [0.1, 0.15) is 4.83 Å². The first kappa shape index (κ1) is 21.1. The highest BCUT2D eigenvalue weighted by Crippen LogP contribution is 2.36. The zero-order valence-electron chi connectivity index (χ0n) is 17.9. The number of para-hydroxylation sites is 1. The minimum atomic E-state index is -0.0855. The molecule has 1 aromatic carbocycles. The number of amides is 1. The summed E-state index contributed by atoms with van der Waals surface area (Å²) in [5.41, 5.74) is 4.27. The van der Waals surface area contributed by atoms with E-state index in [0.29, 0.717) is 11.1 Å². The number of aryl methyl sites for hydroxylation is 3. The van der Waals surface area contributed by atoms with Gasteiger partial charge in [0.25, 0.3) is 5.56 Å². The summed E-state index contributed by atoms with van der Waals surface area (Å²) < 4.78 is 1.59. The molecule has 0 saturated heterocycles. The molecule has 30 heavy (non-hydrogen) atoms. The van der Waals surface area contributed by atoms with E-state index in [4.69, 9.17) is 4.98 Å².